The molecule has 8 atom stereocenters. The highest BCUT2D eigenvalue weighted by Gasteiger charge is 2.66. The molecule has 3 saturated heterocycles. The Morgan fingerprint density at radius 3 is 2.67 bits per heavy atom. The summed E-state index contributed by atoms with van der Waals surface area (Å²) in [6, 6.07) is 9.04. The van der Waals surface area contributed by atoms with Crippen LogP contribution in [-0.4, -0.2) is 51.2 Å². The van der Waals surface area contributed by atoms with Gasteiger partial charge in [0.05, 0.1) is 11.0 Å². The van der Waals surface area contributed by atoms with Gasteiger partial charge in [-0.05, 0) is 87.2 Å². The quantitative estimate of drug-likeness (QED) is 0.701. The number of nitrogens with zero attached hydrogens (tertiary/aromatic N) is 4. The average molecular weight is 488 g/mol. The van der Waals surface area contributed by atoms with E-state index in [9.17, 15) is 9.59 Å². The average Bonchev–Trinajstić information content (AvgIpc) is 3.31. The third-order valence-corrected chi connectivity index (χ3v) is 11.2. The Morgan fingerprint density at radius 1 is 1.00 bits per heavy atom. The highest BCUT2D eigenvalue weighted by atomic mass is 16.2. The minimum absolute atomic E-state index is 0.103. The number of carbonyl (C=O) groups is 1. The number of urea groups is 1. The number of rotatable bonds is 3. The van der Waals surface area contributed by atoms with E-state index in [1.165, 1.54) is 49.8 Å². The Kier molecular flexibility index (Phi) is 4.55. The van der Waals surface area contributed by atoms with E-state index in [4.69, 9.17) is 4.98 Å². The van der Waals surface area contributed by atoms with Crippen molar-refractivity contribution in [3.05, 3.63) is 34.6 Å². The standard InChI is InChI=1S/C29H37N5O2/c1-17-6-8-20-13-21(14-25(17)34(20)29-15-18-7-9-22(29)19(12-18)16-29)33-24-5-3-2-4-23(24)31-26(27(33)35)32-11-10-30-28(32)36/h2-5,17-22,25H,6-16H2,1H3,(H,30,36)/t17-,18-,19+,20+,21-,22?,25+,29-/m0/s1. The van der Waals surface area contributed by atoms with Gasteiger partial charge >= 0.3 is 6.03 Å². The van der Waals surface area contributed by atoms with E-state index in [0.717, 1.165) is 41.6 Å². The molecule has 9 rings (SSSR count). The summed E-state index contributed by atoms with van der Waals surface area (Å²) in [5.74, 6) is 3.79. The van der Waals surface area contributed by atoms with Crippen LogP contribution in [0.25, 0.3) is 11.0 Å². The van der Waals surface area contributed by atoms with Crippen LogP contribution in [0.15, 0.2) is 29.1 Å². The SMILES string of the molecule is C[C@H]1CC[C@@H]2C[C@H](n3c(=O)c(N4CCNC4=O)nc4ccccc43)C[C@H]1N2[C@]12C[C@H]3CCC1[C@H](C3)C2. The molecular weight excluding hydrogens is 450 g/mol. The first-order valence-corrected chi connectivity index (χ1v) is 14.4. The largest absolute Gasteiger partial charge is 0.336 e. The zero-order valence-corrected chi connectivity index (χ0v) is 21.2. The van der Waals surface area contributed by atoms with Crippen molar-refractivity contribution in [2.24, 2.45) is 23.7 Å². The van der Waals surface area contributed by atoms with Crippen LogP contribution in [0.4, 0.5) is 10.6 Å². The number of hydrogen-bond acceptors (Lipinski definition) is 4. The molecule has 4 aliphatic carbocycles. The molecule has 1 aromatic heterocycles. The lowest BCUT2D eigenvalue weighted by atomic mass is 9.42. The first-order valence-electron chi connectivity index (χ1n) is 14.4. The molecule has 2 amide bonds. The molecule has 0 radical (unpaired) electrons. The highest BCUT2D eigenvalue weighted by Crippen LogP contribution is 2.67. The summed E-state index contributed by atoms with van der Waals surface area (Å²) in [6.07, 6.45) is 11.8. The second kappa shape index (κ2) is 7.56. The van der Waals surface area contributed by atoms with Crippen molar-refractivity contribution in [1.29, 1.82) is 0 Å². The van der Waals surface area contributed by atoms with Crippen molar-refractivity contribution in [2.45, 2.75) is 88.4 Å². The Bertz CT molecular complexity index is 1310. The van der Waals surface area contributed by atoms with E-state index >= 15 is 0 Å². The van der Waals surface area contributed by atoms with Gasteiger partial charge in [-0.15, -0.1) is 0 Å². The normalized spacial score (nSPS) is 41.4. The van der Waals surface area contributed by atoms with E-state index < -0.39 is 0 Å². The van der Waals surface area contributed by atoms with Crippen molar-refractivity contribution in [2.75, 3.05) is 18.0 Å². The summed E-state index contributed by atoms with van der Waals surface area (Å²) in [5.41, 5.74) is 2.06. The third-order valence-electron chi connectivity index (χ3n) is 11.2. The lowest BCUT2D eigenvalue weighted by molar-refractivity contribution is -0.228. The van der Waals surface area contributed by atoms with Gasteiger partial charge in [-0.1, -0.05) is 25.5 Å². The van der Waals surface area contributed by atoms with Crippen molar-refractivity contribution in [1.82, 2.24) is 19.8 Å². The summed E-state index contributed by atoms with van der Waals surface area (Å²) in [6.45, 7) is 3.50. The summed E-state index contributed by atoms with van der Waals surface area (Å²) in [4.78, 5) is 35.8. The predicted octanol–water partition coefficient (Wildman–Crippen LogP) is 4.31. The molecule has 3 aliphatic heterocycles. The van der Waals surface area contributed by atoms with Crippen LogP contribution in [0.1, 0.15) is 70.8 Å². The zero-order valence-electron chi connectivity index (χ0n) is 21.2. The number of benzene rings is 1. The van der Waals surface area contributed by atoms with Crippen LogP contribution in [0.2, 0.25) is 0 Å². The Labute approximate surface area is 212 Å². The van der Waals surface area contributed by atoms with Gasteiger partial charge in [0.25, 0.3) is 5.56 Å². The van der Waals surface area contributed by atoms with Gasteiger partial charge in [0, 0.05) is 36.8 Å². The smallest absolute Gasteiger partial charge is 0.323 e. The van der Waals surface area contributed by atoms with E-state index in [1.807, 2.05) is 28.8 Å². The number of anilines is 1. The van der Waals surface area contributed by atoms with Crippen LogP contribution in [-0.2, 0) is 0 Å². The molecule has 7 aliphatic rings. The molecule has 1 unspecified atom stereocenters. The molecule has 36 heavy (non-hydrogen) atoms. The molecule has 1 aromatic carbocycles. The van der Waals surface area contributed by atoms with E-state index in [0.29, 0.717) is 36.6 Å². The molecule has 1 N–H and O–H groups in total. The molecule has 0 spiro atoms. The topological polar surface area (TPSA) is 70.5 Å². The molecule has 7 fully saturated rings. The maximum Gasteiger partial charge on any atom is 0.323 e. The first kappa shape index (κ1) is 21.7. The number of amides is 2. The van der Waals surface area contributed by atoms with Gasteiger partial charge in [0.15, 0.2) is 0 Å². The van der Waals surface area contributed by atoms with Crippen molar-refractivity contribution >= 4 is 22.9 Å². The first-order chi connectivity index (χ1) is 17.5. The van der Waals surface area contributed by atoms with Gasteiger partial charge in [-0.2, -0.15) is 0 Å². The fourth-order valence-corrected chi connectivity index (χ4v) is 9.92. The number of hydrogen-bond donors (Lipinski definition) is 1. The Balaban J connectivity index is 1.21. The van der Waals surface area contributed by atoms with Gasteiger partial charge in [-0.3, -0.25) is 14.6 Å². The fraction of sp³-hybridized carbons (Fsp3) is 0.690. The summed E-state index contributed by atoms with van der Waals surface area (Å²) < 4.78 is 2.03. The fourth-order valence-electron chi connectivity index (χ4n) is 9.92. The van der Waals surface area contributed by atoms with E-state index in [-0.39, 0.29) is 23.5 Å². The summed E-state index contributed by atoms with van der Waals surface area (Å²) in [7, 11) is 0. The van der Waals surface area contributed by atoms with Gasteiger partial charge in [0.2, 0.25) is 5.82 Å². The molecule has 6 bridgehead atoms. The van der Waals surface area contributed by atoms with Crippen LogP contribution in [0.5, 0.6) is 0 Å². The van der Waals surface area contributed by atoms with Crippen molar-refractivity contribution in [3.63, 3.8) is 0 Å². The number of fused-ring (bicyclic) bond motifs is 4. The monoisotopic (exact) mass is 487 g/mol. The van der Waals surface area contributed by atoms with Gasteiger partial charge in [0.1, 0.15) is 0 Å². The maximum atomic E-state index is 14.0. The molecule has 190 valence electrons. The maximum absolute atomic E-state index is 14.0. The molecule has 2 aromatic rings. The molecular formula is C29H37N5O2. The van der Waals surface area contributed by atoms with Gasteiger partial charge < -0.3 is 9.88 Å². The summed E-state index contributed by atoms with van der Waals surface area (Å²) >= 11 is 0. The van der Waals surface area contributed by atoms with Crippen LogP contribution >= 0.6 is 0 Å². The van der Waals surface area contributed by atoms with Crippen molar-refractivity contribution in [3.8, 4) is 0 Å². The van der Waals surface area contributed by atoms with Gasteiger partial charge in [-0.25, -0.2) is 9.78 Å². The molecule has 4 heterocycles. The number of piperidine rings is 2. The van der Waals surface area contributed by atoms with E-state index in [2.05, 4.69) is 17.1 Å². The zero-order chi connectivity index (χ0) is 24.2. The minimum atomic E-state index is -0.215. The number of carbonyl (C=O) groups excluding carboxylic acids is 1. The molecule has 7 heteroatoms. The van der Waals surface area contributed by atoms with E-state index in [1.54, 1.807) is 0 Å². The predicted molar refractivity (Wildman–Crippen MR) is 139 cm³/mol. The Morgan fingerprint density at radius 2 is 1.89 bits per heavy atom. The number of para-hydroxylation sites is 2. The van der Waals surface area contributed by atoms with Crippen LogP contribution < -0.4 is 15.8 Å². The second-order valence-corrected chi connectivity index (χ2v) is 12.8. The van der Waals surface area contributed by atoms with Crippen molar-refractivity contribution < 1.29 is 4.79 Å². The number of aromatic nitrogens is 2. The second-order valence-electron chi connectivity index (χ2n) is 12.8. The van der Waals surface area contributed by atoms with Crippen LogP contribution in [0, 0.1) is 23.7 Å². The summed E-state index contributed by atoms with van der Waals surface area (Å²) in [5, 5.41) is 2.84. The lowest BCUT2D eigenvalue weighted by Crippen LogP contribution is -2.76. The minimum Gasteiger partial charge on any atom is -0.336 e. The molecule has 7 nitrogen and oxygen atoms in total. The molecule has 4 saturated carbocycles. The lowest BCUT2D eigenvalue weighted by Gasteiger charge is -2.73. The third kappa shape index (κ3) is 2.81. The highest BCUT2D eigenvalue weighted by molar-refractivity contribution is 5.93. The Hall–Kier alpha value is -2.41. The van der Waals surface area contributed by atoms with Crippen LogP contribution in [0.3, 0.4) is 0 Å². The number of nitrogens with one attached hydrogen (secondary N) is 1.